The second-order valence-corrected chi connectivity index (χ2v) is 23.2. The predicted molar refractivity (Wildman–Crippen MR) is 351 cm³/mol. The van der Waals surface area contributed by atoms with Gasteiger partial charge in [0.2, 0.25) is 5.91 Å². The van der Waals surface area contributed by atoms with Gasteiger partial charge < -0.3 is 45.1 Å². The summed E-state index contributed by atoms with van der Waals surface area (Å²) in [7, 11) is 0. The zero-order chi connectivity index (χ0) is 61.0. The molecule has 6 N–H and O–H groups in total. The van der Waals surface area contributed by atoms with Crippen LogP contribution >= 0.6 is 0 Å². The van der Waals surface area contributed by atoms with Crippen LogP contribution in [-0.2, 0) is 23.8 Å². The van der Waals surface area contributed by atoms with Crippen LogP contribution in [-0.4, -0.2) is 99.6 Å². The van der Waals surface area contributed by atoms with Gasteiger partial charge in [0.25, 0.3) is 0 Å². The SMILES string of the molecule is CC/C=C\C/C=C\C/C=C\C/C=C\C/C=C\C/C=C\CCCCCC(O)C(=O)NC(COC1OC(CO)C(O)C(O)C1OC(=O)CCCCCCCCCCCCC/C=C\C/C=C\CCCCC)C(O)/C=C/CCCCCCCCCCCC. The number of aliphatic hydroxyl groups is 5. The molecule has 0 bridgehead atoms. The number of hydrogen-bond donors (Lipinski definition) is 6. The lowest BCUT2D eigenvalue weighted by molar-refractivity contribution is -0.305. The molecule has 11 heteroatoms. The molecule has 1 rings (SSSR count). The zero-order valence-corrected chi connectivity index (χ0v) is 53.5. The standard InChI is InChI=1S/C73H125NO10/c1-4-7-10-13-16-19-22-25-27-29-31-33-35-36-38-40-42-45-48-51-54-57-60-66(77)72(81)74-64(65(76)59-56-53-50-47-44-24-21-18-15-12-9-6-3)63-82-73-71(70(80)69(79)67(62-75)83-73)84-68(78)61-58-55-52-49-46-43-41-39-37-34-32-30-28-26-23-20-17-14-11-8-5-2/h7,10,16-17,19-20,25-28,31,33,36,38,42,45,56,59,64-67,69-71,73,75-77,79-80H,4-6,8-9,11-15,18,21-24,29-30,32,34-35,37,39-41,43-44,46-55,57-58,60-63H2,1-3H3,(H,74,81)/b10-7-,19-16-,20-17-,27-25-,28-26-,33-31-,38-36-,45-42-,59-56+. The summed E-state index contributed by atoms with van der Waals surface area (Å²) in [6, 6.07) is -1.05. The summed E-state index contributed by atoms with van der Waals surface area (Å²) in [5.41, 5.74) is 0. The van der Waals surface area contributed by atoms with Gasteiger partial charge >= 0.3 is 5.97 Å². The quantitative estimate of drug-likeness (QED) is 0.0195. The second-order valence-electron chi connectivity index (χ2n) is 23.2. The molecule has 1 heterocycles. The molecule has 11 nitrogen and oxygen atoms in total. The monoisotopic (exact) mass is 1180 g/mol. The van der Waals surface area contributed by atoms with E-state index in [1.807, 2.05) is 6.08 Å². The van der Waals surface area contributed by atoms with E-state index in [9.17, 15) is 35.1 Å². The fourth-order valence-electron chi connectivity index (χ4n) is 10.0. The molecular formula is C73H125NO10. The number of carbonyl (C=O) groups excluding carboxylic acids is 2. The maximum atomic E-state index is 13.5. The van der Waals surface area contributed by atoms with Gasteiger partial charge in [-0.2, -0.15) is 0 Å². The number of carbonyl (C=O) groups is 2. The van der Waals surface area contributed by atoms with E-state index in [1.54, 1.807) is 6.08 Å². The van der Waals surface area contributed by atoms with Gasteiger partial charge in [-0.3, -0.25) is 9.59 Å². The van der Waals surface area contributed by atoms with Crippen LogP contribution in [0.4, 0.5) is 0 Å². The lowest BCUT2D eigenvalue weighted by Gasteiger charge is -2.41. The molecule has 482 valence electrons. The van der Waals surface area contributed by atoms with Crippen molar-refractivity contribution in [1.29, 1.82) is 0 Å². The first kappa shape index (κ1) is 78.3. The van der Waals surface area contributed by atoms with Crippen LogP contribution in [0.3, 0.4) is 0 Å². The van der Waals surface area contributed by atoms with Crippen LogP contribution < -0.4 is 5.32 Å². The average Bonchev–Trinajstić information content (AvgIpc) is 3.55. The zero-order valence-electron chi connectivity index (χ0n) is 53.5. The molecule has 1 fully saturated rings. The minimum atomic E-state index is -1.63. The number of aliphatic hydroxyl groups excluding tert-OH is 5. The van der Waals surface area contributed by atoms with Gasteiger partial charge in [-0.05, 0) is 109 Å². The van der Waals surface area contributed by atoms with Crippen molar-refractivity contribution in [2.45, 2.75) is 327 Å². The Balaban J connectivity index is 2.64. The maximum Gasteiger partial charge on any atom is 0.306 e. The highest BCUT2D eigenvalue weighted by Gasteiger charge is 2.47. The number of nitrogens with one attached hydrogen (secondary N) is 1. The topological polar surface area (TPSA) is 175 Å². The van der Waals surface area contributed by atoms with Crippen LogP contribution in [0.15, 0.2) is 109 Å². The lowest BCUT2D eigenvalue weighted by Crippen LogP contribution is -2.61. The number of hydrogen-bond acceptors (Lipinski definition) is 10. The van der Waals surface area contributed by atoms with Gasteiger partial charge in [-0.25, -0.2) is 0 Å². The van der Waals surface area contributed by atoms with Crippen molar-refractivity contribution >= 4 is 11.9 Å². The van der Waals surface area contributed by atoms with E-state index in [0.29, 0.717) is 12.8 Å². The normalized spacial score (nSPS) is 19.2. The fraction of sp³-hybridized carbons (Fsp3) is 0.726. The van der Waals surface area contributed by atoms with Crippen molar-refractivity contribution in [2.75, 3.05) is 13.2 Å². The lowest BCUT2D eigenvalue weighted by atomic mass is 9.99. The molecule has 1 amide bonds. The first-order valence-corrected chi connectivity index (χ1v) is 34.2. The third kappa shape index (κ3) is 46.5. The van der Waals surface area contributed by atoms with Crippen LogP contribution in [0.2, 0.25) is 0 Å². The summed E-state index contributed by atoms with van der Waals surface area (Å²) in [4.78, 5) is 26.6. The Morgan fingerprint density at radius 2 is 0.857 bits per heavy atom. The summed E-state index contributed by atoms with van der Waals surface area (Å²) >= 11 is 0. The van der Waals surface area contributed by atoms with Crippen molar-refractivity contribution in [3.05, 3.63) is 109 Å². The number of unbranched alkanes of at least 4 members (excludes halogenated alkanes) is 27. The van der Waals surface area contributed by atoms with Gasteiger partial charge in [-0.1, -0.05) is 271 Å². The average molecular weight is 1180 g/mol. The highest BCUT2D eigenvalue weighted by Crippen LogP contribution is 2.26. The van der Waals surface area contributed by atoms with E-state index in [-0.39, 0.29) is 19.4 Å². The molecule has 1 aliphatic heterocycles. The summed E-state index contributed by atoms with van der Waals surface area (Å²) in [6.07, 6.45) is 71.2. The third-order valence-corrected chi connectivity index (χ3v) is 15.4. The summed E-state index contributed by atoms with van der Waals surface area (Å²) in [6.45, 7) is 5.64. The smallest absolute Gasteiger partial charge is 0.306 e. The molecule has 84 heavy (non-hydrogen) atoms. The number of esters is 1. The van der Waals surface area contributed by atoms with E-state index in [2.05, 4.69) is 123 Å². The Bertz CT molecular complexity index is 1780. The highest BCUT2D eigenvalue weighted by atomic mass is 16.7. The molecular weight excluding hydrogens is 1050 g/mol. The molecule has 1 saturated heterocycles. The van der Waals surface area contributed by atoms with Crippen molar-refractivity contribution in [2.24, 2.45) is 0 Å². The molecule has 0 aliphatic carbocycles. The van der Waals surface area contributed by atoms with E-state index in [1.165, 1.54) is 116 Å². The molecule has 1 aliphatic rings. The second kappa shape index (κ2) is 59.6. The van der Waals surface area contributed by atoms with Crippen molar-refractivity contribution in [1.82, 2.24) is 5.32 Å². The van der Waals surface area contributed by atoms with E-state index < -0.39 is 67.4 Å². The van der Waals surface area contributed by atoms with Gasteiger partial charge in [0.05, 0.1) is 25.4 Å². The number of amides is 1. The maximum absolute atomic E-state index is 13.5. The molecule has 0 saturated carbocycles. The van der Waals surface area contributed by atoms with Crippen LogP contribution in [0, 0.1) is 0 Å². The van der Waals surface area contributed by atoms with Crippen LogP contribution in [0.25, 0.3) is 0 Å². The van der Waals surface area contributed by atoms with E-state index >= 15 is 0 Å². The minimum Gasteiger partial charge on any atom is -0.454 e. The summed E-state index contributed by atoms with van der Waals surface area (Å²) in [5, 5.41) is 57.1. The first-order valence-electron chi connectivity index (χ1n) is 34.2. The Kier molecular flexibility index (Phi) is 55.6. The third-order valence-electron chi connectivity index (χ3n) is 15.4. The molecule has 0 spiro atoms. The van der Waals surface area contributed by atoms with Crippen LogP contribution in [0.1, 0.15) is 278 Å². The number of ether oxygens (including phenoxy) is 3. The van der Waals surface area contributed by atoms with Crippen molar-refractivity contribution in [3.8, 4) is 0 Å². The Morgan fingerprint density at radius 1 is 0.476 bits per heavy atom. The molecule has 0 aromatic rings. The van der Waals surface area contributed by atoms with Gasteiger partial charge in [0, 0.05) is 6.42 Å². The summed E-state index contributed by atoms with van der Waals surface area (Å²) in [5.74, 6) is -1.23. The molecule has 8 atom stereocenters. The van der Waals surface area contributed by atoms with Crippen molar-refractivity contribution in [3.63, 3.8) is 0 Å². The minimum absolute atomic E-state index is 0.113. The molecule has 0 aromatic carbocycles. The first-order chi connectivity index (χ1) is 41.2. The highest BCUT2D eigenvalue weighted by molar-refractivity contribution is 5.80. The number of rotatable bonds is 57. The number of allylic oxidation sites excluding steroid dienone is 17. The Morgan fingerprint density at radius 3 is 1.31 bits per heavy atom. The molecule has 8 unspecified atom stereocenters. The Labute approximate surface area is 513 Å². The molecule has 0 aromatic heterocycles. The van der Waals surface area contributed by atoms with E-state index in [4.69, 9.17) is 14.2 Å². The summed E-state index contributed by atoms with van der Waals surface area (Å²) < 4.78 is 17.7. The predicted octanol–water partition coefficient (Wildman–Crippen LogP) is 17.2. The molecule has 0 radical (unpaired) electrons. The van der Waals surface area contributed by atoms with Gasteiger partial charge in [-0.15, -0.1) is 0 Å². The van der Waals surface area contributed by atoms with Gasteiger partial charge in [0.15, 0.2) is 12.4 Å². The largest absolute Gasteiger partial charge is 0.454 e. The van der Waals surface area contributed by atoms with Crippen LogP contribution in [0.5, 0.6) is 0 Å². The van der Waals surface area contributed by atoms with E-state index in [0.717, 1.165) is 116 Å². The Hall–Kier alpha value is -3.68. The van der Waals surface area contributed by atoms with Gasteiger partial charge in [0.1, 0.15) is 24.4 Å². The fourth-order valence-corrected chi connectivity index (χ4v) is 10.0. The van der Waals surface area contributed by atoms with Crippen molar-refractivity contribution < 1.29 is 49.3 Å².